The maximum absolute atomic E-state index is 14.9. The number of fused-ring (bicyclic) bond motifs is 10. The molecule has 13 heterocycles. The summed E-state index contributed by atoms with van der Waals surface area (Å²) in [6.07, 6.45) is 10.8. The molecule has 20 nitrogen and oxygen atoms in total. The molecule has 8 amide bonds. The number of nitrogens with zero attached hydrogens (tertiary/aromatic N) is 8. The third kappa shape index (κ3) is 11.2. The van der Waals surface area contributed by atoms with Crippen molar-refractivity contribution in [3.05, 3.63) is 144 Å². The second-order valence-electron chi connectivity index (χ2n) is 24.5. The van der Waals surface area contributed by atoms with E-state index in [0.717, 1.165) is 0 Å². The molecular formula is C72H64FeN12O8. The van der Waals surface area contributed by atoms with Gasteiger partial charge in [0.15, 0.2) is 0 Å². The Morgan fingerprint density at radius 2 is 0.548 bits per heavy atom. The number of nitrogens with one attached hydrogen (secondary N) is 4. The maximum atomic E-state index is 14.9. The zero-order valence-electron chi connectivity index (χ0n) is 50.7. The van der Waals surface area contributed by atoms with Crippen LogP contribution in [0.1, 0.15) is 99.8 Å². The molecule has 0 saturated carbocycles. The molecule has 4 N–H and O–H groups in total. The molecule has 7 aromatic rings. The van der Waals surface area contributed by atoms with Gasteiger partial charge < -0.3 is 50.8 Å². The maximum Gasteiger partial charge on any atom is 2.00 e. The van der Waals surface area contributed by atoms with Gasteiger partial charge in [-0.15, -0.1) is 22.1 Å². The van der Waals surface area contributed by atoms with E-state index in [4.69, 9.17) is 19.9 Å². The molecule has 0 radical (unpaired) electrons. The van der Waals surface area contributed by atoms with Crippen LogP contribution in [-0.2, 0) is 55.4 Å². The molecule has 0 aliphatic carbocycles. The zero-order chi connectivity index (χ0) is 62.7. The molecule has 4 fully saturated rings. The summed E-state index contributed by atoms with van der Waals surface area (Å²) < 4.78 is 0. The molecule has 10 aliphatic rings. The summed E-state index contributed by atoms with van der Waals surface area (Å²) in [5.41, 5.74) is 9.65. The average Bonchev–Trinajstić information content (AvgIpc) is 1.48. The number of rotatable bonds is 0. The van der Waals surface area contributed by atoms with Crippen molar-refractivity contribution in [3.63, 3.8) is 0 Å². The predicted molar refractivity (Wildman–Crippen MR) is 350 cm³/mol. The molecule has 21 heteroatoms. The van der Waals surface area contributed by atoms with E-state index in [1.165, 1.54) is 0 Å². The van der Waals surface area contributed by atoms with Crippen molar-refractivity contribution in [2.45, 2.75) is 101 Å². The molecule has 468 valence electrons. The summed E-state index contributed by atoms with van der Waals surface area (Å²) in [6, 6.07) is 33.6. The Bertz CT molecular complexity index is 3990. The Morgan fingerprint density at radius 3 is 0.785 bits per heavy atom. The van der Waals surface area contributed by atoms with Crippen LogP contribution in [0.25, 0.3) is 90.9 Å². The fourth-order valence-electron chi connectivity index (χ4n) is 14.6. The largest absolute Gasteiger partial charge is 2.00 e. The van der Waals surface area contributed by atoms with Crippen LogP contribution in [0.4, 0.5) is 22.7 Å². The topological polar surface area (TPSA) is 252 Å². The van der Waals surface area contributed by atoms with Gasteiger partial charge in [0.2, 0.25) is 47.3 Å². The molecule has 10 aliphatic heterocycles. The van der Waals surface area contributed by atoms with Gasteiger partial charge in [-0.05, 0) is 122 Å². The first kappa shape index (κ1) is 60.3. The van der Waals surface area contributed by atoms with E-state index in [-0.39, 0.29) is 66.4 Å². The molecule has 4 unspecified atom stereocenters. The van der Waals surface area contributed by atoms with Gasteiger partial charge in [-0.25, -0.2) is 9.97 Å². The zero-order valence-corrected chi connectivity index (χ0v) is 51.8. The number of benzene rings is 4. The average molecular weight is 1280 g/mol. The van der Waals surface area contributed by atoms with Crippen LogP contribution in [0.5, 0.6) is 0 Å². The standard InChI is InChI=1S/C72H66N12O8.Fe/c85-61-33-34-62(86)82-38-12-24-60(82)72(92)80-48-20-8-4-16-44(48)68-55-31-29-53(75-55)66-42-14-2-6-18-46(42)78-70(90)58-22-10-39-83(58)63(87)35-36-64(88)84-40-11-23-59(84)71(91)79-47-19-7-3-15-43(47)67(54-30-32-56(68)76-54)52-28-26-50(74-52)65(49-25-27-51(66)73-49)41-13-1-5-17-45(41)77-69(89)57-21-9-37-81(57)61;/h1-8,13-20,25-32,57-60H,9-12,21-24,33-40H2,(H6,73,74,75,76,77,78,79,80,89,90,91,92);/q;+2/p-2. The summed E-state index contributed by atoms with van der Waals surface area (Å²) >= 11 is 0. The van der Waals surface area contributed by atoms with Crippen LogP contribution >= 0.6 is 0 Å². The minimum Gasteiger partial charge on any atom is -0.657 e. The van der Waals surface area contributed by atoms with Crippen LogP contribution in [0, 0.1) is 0 Å². The SMILES string of the molecule is O=C1Nc2ccccc2-c2c3nc(c4c5ccc([n-]5)c(c5nc(c(c6ccc2[n-]6)-c2ccccc2NC(=O)C2CCCN2C(=O)CCC(=O)N2CCCC2C(=O)Nc2ccccc2-4)C=C5)-c2ccccc2NC(=O)C2CCCN2C(=O)CCC(=O)N2CCCC12)C=C3.[Fe+2]. The van der Waals surface area contributed by atoms with Gasteiger partial charge >= 0.3 is 17.1 Å². The number of hydrogen-bond acceptors (Lipinski definition) is 10. The fraction of sp³-hybridized carbons (Fsp3) is 0.278. The monoisotopic (exact) mass is 1280 g/mol. The number of para-hydroxylation sites is 4. The van der Waals surface area contributed by atoms with Gasteiger partial charge in [0, 0.05) is 96.9 Å². The van der Waals surface area contributed by atoms with Crippen LogP contribution < -0.4 is 31.2 Å². The number of aromatic nitrogens is 4. The summed E-state index contributed by atoms with van der Waals surface area (Å²) in [7, 11) is 0. The Hall–Kier alpha value is -10.2. The van der Waals surface area contributed by atoms with Gasteiger partial charge in [-0.3, -0.25) is 38.4 Å². The number of carbonyl (C=O) groups is 8. The van der Waals surface area contributed by atoms with Crippen LogP contribution in [0.3, 0.4) is 0 Å². The smallest absolute Gasteiger partial charge is 0.657 e. The van der Waals surface area contributed by atoms with Crippen molar-refractivity contribution in [1.82, 2.24) is 39.5 Å². The Labute approximate surface area is 545 Å². The third-order valence-electron chi connectivity index (χ3n) is 19.0. The van der Waals surface area contributed by atoms with Crippen molar-refractivity contribution in [2.75, 3.05) is 47.4 Å². The quantitative estimate of drug-likeness (QED) is 0.104. The van der Waals surface area contributed by atoms with Crippen molar-refractivity contribution in [2.24, 2.45) is 0 Å². The van der Waals surface area contributed by atoms with Crippen LogP contribution in [0.15, 0.2) is 121 Å². The van der Waals surface area contributed by atoms with Gasteiger partial charge in [0.25, 0.3) is 0 Å². The van der Waals surface area contributed by atoms with Crippen molar-refractivity contribution in [1.29, 1.82) is 0 Å². The van der Waals surface area contributed by atoms with Crippen molar-refractivity contribution < 1.29 is 55.4 Å². The van der Waals surface area contributed by atoms with E-state index in [2.05, 4.69) is 21.3 Å². The second-order valence-corrected chi connectivity index (χ2v) is 24.5. The molecule has 4 aromatic carbocycles. The molecule has 3 aromatic heterocycles. The van der Waals surface area contributed by atoms with Crippen molar-refractivity contribution >= 4 is 116 Å². The fourth-order valence-corrected chi connectivity index (χ4v) is 14.6. The third-order valence-corrected chi connectivity index (χ3v) is 19.0. The summed E-state index contributed by atoms with van der Waals surface area (Å²) in [6.45, 7) is 1.30. The summed E-state index contributed by atoms with van der Waals surface area (Å²) in [4.78, 5) is 145. The predicted octanol–water partition coefficient (Wildman–Crippen LogP) is 9.88. The number of anilines is 4. The first-order chi connectivity index (χ1) is 44.9. The Kier molecular flexibility index (Phi) is 16.3. The summed E-state index contributed by atoms with van der Waals surface area (Å²) in [5.74, 6) is -2.99. The first-order valence-electron chi connectivity index (χ1n) is 31.8. The molecule has 17 rings (SSSR count). The van der Waals surface area contributed by atoms with Gasteiger partial charge in [-0.2, -0.15) is 0 Å². The van der Waals surface area contributed by atoms with Crippen molar-refractivity contribution in [3.8, 4) is 44.5 Å². The Morgan fingerprint density at radius 1 is 0.323 bits per heavy atom. The number of amides is 8. The normalized spacial score (nSPS) is 20.9. The minimum atomic E-state index is -0.849. The van der Waals surface area contributed by atoms with Gasteiger partial charge in [0.05, 0.1) is 22.8 Å². The molecular weight excluding hydrogens is 1220 g/mol. The number of carbonyl (C=O) groups excluding carboxylic acids is 8. The van der Waals surface area contributed by atoms with E-state index in [1.807, 2.05) is 121 Å². The second kappa shape index (κ2) is 25.1. The van der Waals surface area contributed by atoms with E-state index in [9.17, 15) is 38.4 Å². The van der Waals surface area contributed by atoms with Gasteiger partial charge in [-0.1, -0.05) is 97.1 Å². The molecule has 93 heavy (non-hydrogen) atoms. The van der Waals surface area contributed by atoms with Gasteiger partial charge in [0.1, 0.15) is 24.2 Å². The van der Waals surface area contributed by atoms with E-state index in [0.29, 0.717) is 190 Å². The minimum absolute atomic E-state index is 0. The first-order valence-corrected chi connectivity index (χ1v) is 31.8. The summed E-state index contributed by atoms with van der Waals surface area (Å²) in [5, 5.41) is 12.8. The van der Waals surface area contributed by atoms with E-state index >= 15 is 0 Å². The van der Waals surface area contributed by atoms with Crippen LogP contribution in [-0.4, -0.2) is 127 Å². The number of hydrogen-bond donors (Lipinski definition) is 4. The van der Waals surface area contributed by atoms with E-state index < -0.39 is 47.8 Å². The molecule has 12 bridgehead atoms. The molecule has 4 atom stereocenters. The van der Waals surface area contributed by atoms with Crippen LogP contribution in [0.2, 0.25) is 0 Å². The Balaban J connectivity index is 0.00000749. The molecule has 0 spiro atoms. The van der Waals surface area contributed by atoms with E-state index in [1.54, 1.807) is 43.9 Å². The molecule has 4 saturated heterocycles.